The molecule has 0 saturated carbocycles. The van der Waals surface area contributed by atoms with E-state index in [9.17, 15) is 0 Å². The fraction of sp³-hybridized carbons (Fsp3) is 0.111. The maximum absolute atomic E-state index is 4.39. The molecular formula is C9H7AlN2. The molecular weight excluding hydrogens is 163 g/mol. The predicted molar refractivity (Wildman–Crippen MR) is 49.7 cm³/mol. The van der Waals surface area contributed by atoms with E-state index in [1.807, 2.05) is 25.1 Å². The maximum Gasteiger partial charge on any atom is 0.179 e. The van der Waals surface area contributed by atoms with Gasteiger partial charge in [0.05, 0.1) is 16.7 Å². The van der Waals surface area contributed by atoms with E-state index in [1.165, 1.54) is 0 Å². The van der Waals surface area contributed by atoms with Crippen LogP contribution >= 0.6 is 0 Å². The summed E-state index contributed by atoms with van der Waals surface area (Å²) in [6.07, 6.45) is 1.78. The molecule has 56 valence electrons. The van der Waals surface area contributed by atoms with Crippen molar-refractivity contribution in [3.63, 3.8) is 0 Å². The zero-order valence-electron chi connectivity index (χ0n) is 6.78. The number of hydrogen-bond acceptors (Lipinski definition) is 2. The summed E-state index contributed by atoms with van der Waals surface area (Å²) in [7, 11) is 0. The second-order valence-electron chi connectivity index (χ2n) is 2.73. The van der Waals surface area contributed by atoms with Crippen molar-refractivity contribution in [3.8, 4) is 0 Å². The second kappa shape index (κ2) is 2.86. The van der Waals surface area contributed by atoms with Gasteiger partial charge in [-0.25, -0.2) is 0 Å². The van der Waals surface area contributed by atoms with Gasteiger partial charge in [-0.05, 0) is 13.0 Å². The van der Waals surface area contributed by atoms with Crippen molar-refractivity contribution in [1.29, 1.82) is 0 Å². The highest BCUT2D eigenvalue weighted by Gasteiger charge is 1.97. The lowest BCUT2D eigenvalue weighted by Gasteiger charge is -2.00. The number of nitrogens with zero attached hydrogens (tertiary/aromatic N) is 2. The number of rotatable bonds is 0. The van der Waals surface area contributed by atoms with Crippen LogP contribution in [0.25, 0.3) is 11.0 Å². The van der Waals surface area contributed by atoms with Crippen LogP contribution < -0.4 is 4.43 Å². The highest BCUT2D eigenvalue weighted by atomic mass is 27.0. The quantitative estimate of drug-likeness (QED) is 0.545. The van der Waals surface area contributed by atoms with Gasteiger partial charge in [0.25, 0.3) is 0 Å². The molecule has 0 atom stereocenters. The Hall–Kier alpha value is -0.908. The van der Waals surface area contributed by atoms with E-state index in [4.69, 9.17) is 0 Å². The largest absolute Gasteiger partial charge is 0.253 e. The number of aromatic nitrogens is 2. The first-order valence-electron chi connectivity index (χ1n) is 3.75. The molecule has 3 heteroatoms. The molecule has 0 spiro atoms. The monoisotopic (exact) mass is 170 g/mol. The third-order valence-corrected chi connectivity index (χ3v) is 2.19. The van der Waals surface area contributed by atoms with E-state index in [0.717, 1.165) is 21.2 Å². The van der Waals surface area contributed by atoms with Gasteiger partial charge in [-0.3, -0.25) is 9.97 Å². The van der Waals surface area contributed by atoms with Crippen LogP contribution in [-0.4, -0.2) is 26.3 Å². The fourth-order valence-electron chi connectivity index (χ4n) is 1.14. The molecule has 2 rings (SSSR count). The Balaban J connectivity index is 2.88. The summed E-state index contributed by atoms with van der Waals surface area (Å²) in [5.74, 6) is 0. The van der Waals surface area contributed by atoms with Crippen LogP contribution in [0.5, 0.6) is 0 Å². The Morgan fingerprint density at radius 3 is 3.00 bits per heavy atom. The second-order valence-corrected chi connectivity index (χ2v) is 3.35. The third kappa shape index (κ3) is 1.22. The summed E-state index contributed by atoms with van der Waals surface area (Å²) in [5.41, 5.74) is 2.88. The van der Waals surface area contributed by atoms with E-state index >= 15 is 0 Å². The molecule has 2 radical (unpaired) electrons. The highest BCUT2D eigenvalue weighted by molar-refractivity contribution is 6.37. The topological polar surface area (TPSA) is 25.8 Å². The summed E-state index contributed by atoms with van der Waals surface area (Å²) in [6.45, 7) is 1.95. The molecule has 1 aromatic carbocycles. The van der Waals surface area contributed by atoms with Crippen LogP contribution in [0.2, 0.25) is 0 Å². The molecule has 0 aliphatic rings. The first kappa shape index (κ1) is 7.73. The van der Waals surface area contributed by atoms with Gasteiger partial charge in [0.15, 0.2) is 16.3 Å². The van der Waals surface area contributed by atoms with Crippen LogP contribution in [0.15, 0.2) is 24.4 Å². The summed E-state index contributed by atoms with van der Waals surface area (Å²) < 4.78 is 1.10. The van der Waals surface area contributed by atoms with Crippen molar-refractivity contribution in [2.24, 2.45) is 0 Å². The van der Waals surface area contributed by atoms with Gasteiger partial charge < -0.3 is 0 Å². The first-order chi connectivity index (χ1) is 5.77. The molecule has 0 aliphatic heterocycles. The minimum absolute atomic E-state index is 0.952. The Morgan fingerprint density at radius 2 is 2.17 bits per heavy atom. The molecule has 0 saturated heterocycles. The Morgan fingerprint density at radius 1 is 1.33 bits per heavy atom. The zero-order valence-corrected chi connectivity index (χ0v) is 7.94. The van der Waals surface area contributed by atoms with Crippen molar-refractivity contribution in [3.05, 3.63) is 30.1 Å². The third-order valence-electron chi connectivity index (χ3n) is 1.72. The van der Waals surface area contributed by atoms with Gasteiger partial charge in [-0.2, -0.15) is 0 Å². The number of fused-ring (bicyclic) bond motifs is 1. The molecule has 1 aromatic heterocycles. The van der Waals surface area contributed by atoms with Crippen molar-refractivity contribution < 1.29 is 0 Å². The van der Waals surface area contributed by atoms with Gasteiger partial charge >= 0.3 is 0 Å². The minimum atomic E-state index is 0.952. The summed E-state index contributed by atoms with van der Waals surface area (Å²) >= 11 is 2.66. The van der Waals surface area contributed by atoms with Crippen molar-refractivity contribution in [2.45, 2.75) is 6.92 Å². The highest BCUT2D eigenvalue weighted by Crippen LogP contribution is 2.04. The molecule has 0 unspecified atom stereocenters. The van der Waals surface area contributed by atoms with Crippen LogP contribution in [-0.2, 0) is 0 Å². The lowest BCUT2D eigenvalue weighted by molar-refractivity contribution is 1.19. The Labute approximate surface area is 79.1 Å². The van der Waals surface area contributed by atoms with Crippen LogP contribution in [0.3, 0.4) is 0 Å². The van der Waals surface area contributed by atoms with Crippen molar-refractivity contribution in [2.75, 3.05) is 0 Å². The molecule has 1 heterocycles. The van der Waals surface area contributed by atoms with E-state index in [1.54, 1.807) is 6.20 Å². The van der Waals surface area contributed by atoms with Gasteiger partial charge in [0, 0.05) is 6.20 Å². The van der Waals surface area contributed by atoms with Gasteiger partial charge in [0.1, 0.15) is 0 Å². The van der Waals surface area contributed by atoms with E-state index in [2.05, 4.69) is 26.3 Å². The van der Waals surface area contributed by atoms with Crippen molar-refractivity contribution in [1.82, 2.24) is 9.97 Å². The fourth-order valence-corrected chi connectivity index (χ4v) is 1.47. The molecule has 0 N–H and O–H groups in total. The number of aryl methyl sites for hydroxylation is 1. The van der Waals surface area contributed by atoms with Crippen LogP contribution in [0.4, 0.5) is 0 Å². The summed E-state index contributed by atoms with van der Waals surface area (Å²) in [6, 6.07) is 5.96. The predicted octanol–water partition coefficient (Wildman–Crippen LogP) is 0.732. The first-order valence-corrected chi connectivity index (χ1v) is 4.33. The molecule has 0 aliphatic carbocycles. The normalized spacial score (nSPS) is 10.4. The minimum Gasteiger partial charge on any atom is -0.253 e. The van der Waals surface area contributed by atoms with E-state index < -0.39 is 0 Å². The molecule has 0 bridgehead atoms. The Bertz CT molecular complexity index is 426. The summed E-state index contributed by atoms with van der Waals surface area (Å²) in [5, 5.41) is 0. The van der Waals surface area contributed by atoms with E-state index in [0.29, 0.717) is 0 Å². The van der Waals surface area contributed by atoms with Gasteiger partial charge in [-0.1, -0.05) is 12.1 Å². The Kier molecular flexibility index (Phi) is 1.84. The van der Waals surface area contributed by atoms with Crippen LogP contribution in [0, 0.1) is 6.92 Å². The summed E-state index contributed by atoms with van der Waals surface area (Å²) in [4.78, 5) is 8.66. The van der Waals surface area contributed by atoms with E-state index in [-0.39, 0.29) is 0 Å². The van der Waals surface area contributed by atoms with Gasteiger partial charge in [0.2, 0.25) is 0 Å². The number of hydrogen-bond donors (Lipinski definition) is 0. The van der Waals surface area contributed by atoms with Crippen molar-refractivity contribution >= 4 is 31.7 Å². The maximum atomic E-state index is 4.39. The standard InChI is InChI=1S/C9H7N2.Al/c1-7-6-10-8-4-2-3-5-9(8)11-7;/h2-4,6H,1H3;. The van der Waals surface area contributed by atoms with Gasteiger partial charge in [-0.15, -0.1) is 4.43 Å². The zero-order chi connectivity index (χ0) is 8.55. The molecule has 0 fully saturated rings. The average Bonchev–Trinajstić information content (AvgIpc) is 2.07. The number of benzene rings is 1. The lowest BCUT2D eigenvalue weighted by atomic mass is 10.3. The van der Waals surface area contributed by atoms with Crippen LogP contribution in [0.1, 0.15) is 5.69 Å². The molecule has 0 amide bonds. The molecule has 2 aromatic rings. The lowest BCUT2D eigenvalue weighted by Crippen LogP contribution is -2.06. The molecule has 2 nitrogen and oxygen atoms in total. The average molecular weight is 170 g/mol. The SMILES string of the molecule is Cc1cnc2ccc[c]([Al])c2n1. The molecule has 12 heavy (non-hydrogen) atoms. The number of para-hydroxylation sites is 1. The smallest absolute Gasteiger partial charge is 0.179 e.